The maximum absolute atomic E-state index is 15.9. The van der Waals surface area contributed by atoms with Gasteiger partial charge in [-0.25, -0.2) is 13.8 Å². The quantitative estimate of drug-likeness (QED) is 0.0814. The molecule has 8 nitrogen and oxygen atoms in total. The molecule has 2 aromatic carbocycles. The van der Waals surface area contributed by atoms with E-state index in [1.165, 1.54) is 18.4 Å². The summed E-state index contributed by atoms with van der Waals surface area (Å²) in [6.45, 7) is 5.43. The number of nitrogens with zero attached hydrogens (tertiary/aromatic N) is 2. The average molecular weight is 684 g/mol. The van der Waals surface area contributed by atoms with Gasteiger partial charge >= 0.3 is 6.18 Å². The molecule has 0 spiro atoms. The number of fused-ring (bicyclic) bond motifs is 2. The Morgan fingerprint density at radius 1 is 1.12 bits per heavy atom. The van der Waals surface area contributed by atoms with Crippen LogP contribution in [0.1, 0.15) is 29.8 Å². The molecular formula is C34H30F5N5O3S. The van der Waals surface area contributed by atoms with E-state index in [1.807, 2.05) is 11.4 Å². The lowest BCUT2D eigenvalue weighted by Gasteiger charge is -2.28. The number of nitrogens with one attached hydrogen (secondary N) is 3. The molecule has 2 atom stereocenters. The van der Waals surface area contributed by atoms with Crippen LogP contribution in [-0.4, -0.2) is 53.6 Å². The van der Waals surface area contributed by atoms with Crippen LogP contribution in [0.4, 0.5) is 22.0 Å². The minimum Gasteiger partial charge on any atom is -0.490 e. The fourth-order valence-corrected chi connectivity index (χ4v) is 6.68. The van der Waals surface area contributed by atoms with Crippen molar-refractivity contribution in [3.05, 3.63) is 89.0 Å². The van der Waals surface area contributed by atoms with Crippen molar-refractivity contribution in [3.63, 3.8) is 0 Å². The Balaban J connectivity index is 1.55. The van der Waals surface area contributed by atoms with E-state index in [4.69, 9.17) is 14.5 Å². The van der Waals surface area contributed by atoms with Crippen molar-refractivity contribution < 1.29 is 36.2 Å². The topological polar surface area (TPSA) is 101 Å². The number of alkyl halides is 3. The summed E-state index contributed by atoms with van der Waals surface area (Å²) in [5, 5.41) is 15.2. The summed E-state index contributed by atoms with van der Waals surface area (Å²) in [4.78, 5) is 17.0. The first-order valence-electron chi connectivity index (χ1n) is 14.9. The molecule has 0 saturated heterocycles. The number of halogens is 5. The Bertz CT molecular complexity index is 2010. The van der Waals surface area contributed by atoms with Crippen LogP contribution >= 0.6 is 11.3 Å². The maximum atomic E-state index is 15.9. The Kier molecular flexibility index (Phi) is 9.32. The Labute approximate surface area is 276 Å². The SMILES string of the molecule is C=CC(=O)N[C@H](C)c1cc(-c2nc(-c3ccc4c(c3)CN[C@@H](C(F)(F)F)C4)c3ccsc3c2-c2c(F)cc(F)cc2OCCOC)n[nH]1. The number of carbonyl (C=O) groups excluding carboxylic acids is 1. The molecule has 14 heteroatoms. The lowest BCUT2D eigenvalue weighted by atomic mass is 9.91. The number of pyridine rings is 1. The maximum Gasteiger partial charge on any atom is 0.404 e. The first-order valence-corrected chi connectivity index (χ1v) is 15.8. The summed E-state index contributed by atoms with van der Waals surface area (Å²) in [7, 11) is 1.48. The van der Waals surface area contributed by atoms with Crippen LogP contribution < -0.4 is 15.4 Å². The molecule has 1 aliphatic rings. The summed E-state index contributed by atoms with van der Waals surface area (Å²) < 4.78 is 82.3. The Morgan fingerprint density at radius 2 is 1.94 bits per heavy atom. The van der Waals surface area contributed by atoms with Crippen LogP contribution in [0.25, 0.3) is 43.9 Å². The van der Waals surface area contributed by atoms with Gasteiger partial charge in [-0.1, -0.05) is 18.7 Å². The molecule has 1 aliphatic heterocycles. The zero-order chi connectivity index (χ0) is 34.2. The molecule has 4 heterocycles. The van der Waals surface area contributed by atoms with E-state index < -0.39 is 35.8 Å². The Morgan fingerprint density at radius 3 is 2.69 bits per heavy atom. The molecule has 3 aromatic heterocycles. The highest BCUT2D eigenvalue weighted by Gasteiger charge is 2.41. The number of hydrogen-bond acceptors (Lipinski definition) is 7. The van der Waals surface area contributed by atoms with E-state index >= 15 is 4.39 Å². The number of methoxy groups -OCH3 is 1. The normalized spacial score (nSPS) is 15.3. The Hall–Kier alpha value is -4.66. The highest BCUT2D eigenvalue weighted by molar-refractivity contribution is 7.18. The fourth-order valence-electron chi connectivity index (χ4n) is 5.73. The third-order valence-corrected chi connectivity index (χ3v) is 9.04. The molecule has 5 aromatic rings. The van der Waals surface area contributed by atoms with Crippen LogP contribution in [0.15, 0.2) is 60.5 Å². The molecular weight excluding hydrogens is 653 g/mol. The van der Waals surface area contributed by atoms with Crippen LogP contribution in [0.5, 0.6) is 5.75 Å². The molecule has 0 unspecified atom stereocenters. The minimum absolute atomic E-state index is 0.0189. The van der Waals surface area contributed by atoms with E-state index in [-0.39, 0.29) is 43.2 Å². The first-order chi connectivity index (χ1) is 23.0. The van der Waals surface area contributed by atoms with Gasteiger partial charge in [0.2, 0.25) is 5.91 Å². The van der Waals surface area contributed by atoms with Gasteiger partial charge in [-0.3, -0.25) is 9.89 Å². The van der Waals surface area contributed by atoms with Gasteiger partial charge in [0.25, 0.3) is 0 Å². The van der Waals surface area contributed by atoms with E-state index in [1.54, 1.807) is 31.2 Å². The number of benzene rings is 2. The lowest BCUT2D eigenvalue weighted by molar-refractivity contribution is -0.157. The number of amides is 1. The van der Waals surface area contributed by atoms with Crippen molar-refractivity contribution in [1.29, 1.82) is 0 Å². The molecule has 3 N–H and O–H groups in total. The van der Waals surface area contributed by atoms with Crippen molar-refractivity contribution in [2.45, 2.75) is 38.1 Å². The second-order valence-corrected chi connectivity index (χ2v) is 12.2. The second-order valence-electron chi connectivity index (χ2n) is 11.3. The van der Waals surface area contributed by atoms with Gasteiger partial charge < -0.3 is 20.1 Å². The number of H-pyrrole nitrogens is 1. The summed E-state index contributed by atoms with van der Waals surface area (Å²) >= 11 is 1.31. The third kappa shape index (κ3) is 6.55. The zero-order valence-corrected chi connectivity index (χ0v) is 26.6. The highest BCUT2D eigenvalue weighted by Crippen LogP contribution is 2.47. The number of aromatic amines is 1. The number of hydrogen-bond donors (Lipinski definition) is 3. The minimum atomic E-state index is -4.37. The number of carbonyl (C=O) groups is 1. The van der Waals surface area contributed by atoms with E-state index in [0.717, 1.165) is 18.2 Å². The molecule has 0 radical (unpaired) electrons. The predicted octanol–water partition coefficient (Wildman–Crippen LogP) is 7.26. The highest BCUT2D eigenvalue weighted by atomic mass is 32.1. The third-order valence-electron chi connectivity index (χ3n) is 8.11. The number of aromatic nitrogens is 3. The van der Waals surface area contributed by atoms with Crippen molar-refractivity contribution in [1.82, 2.24) is 25.8 Å². The van der Waals surface area contributed by atoms with Crippen LogP contribution in [0.2, 0.25) is 0 Å². The van der Waals surface area contributed by atoms with Crippen molar-refractivity contribution >= 4 is 27.3 Å². The standard InChI is InChI=1S/C34H30F5N5O3S/c1-4-28(45)41-17(2)24-15-25(44-43-24)32-30(29-23(36)13-21(35)14-26(29)47-9-8-46-3)33-22(7-10-48-33)31(42-32)19-6-5-18-12-27(34(37,38)39)40-16-20(18)11-19/h4-7,10-11,13-15,17,27,40H,1,8-9,12,16H2,2-3H3,(H,41,45)(H,43,44)/t17-,27-/m1/s1. The van der Waals surface area contributed by atoms with Gasteiger partial charge in [0.1, 0.15) is 41.4 Å². The zero-order valence-electron chi connectivity index (χ0n) is 25.8. The molecule has 0 bridgehead atoms. The van der Waals surface area contributed by atoms with Gasteiger partial charge in [-0.15, -0.1) is 11.3 Å². The predicted molar refractivity (Wildman–Crippen MR) is 173 cm³/mol. The van der Waals surface area contributed by atoms with Crippen LogP contribution in [-0.2, 0) is 22.5 Å². The molecule has 0 saturated carbocycles. The van der Waals surface area contributed by atoms with Crippen molar-refractivity contribution in [3.8, 4) is 39.5 Å². The van der Waals surface area contributed by atoms with E-state index in [2.05, 4.69) is 27.4 Å². The summed E-state index contributed by atoms with van der Waals surface area (Å²) in [5.41, 5.74) is 3.75. The van der Waals surface area contributed by atoms with Gasteiger partial charge in [-0.2, -0.15) is 18.3 Å². The fraction of sp³-hybridized carbons (Fsp3) is 0.265. The average Bonchev–Trinajstić information content (AvgIpc) is 3.74. The first kappa shape index (κ1) is 33.2. The van der Waals surface area contributed by atoms with Crippen molar-refractivity contribution in [2.24, 2.45) is 0 Å². The van der Waals surface area contributed by atoms with Gasteiger partial charge in [-0.05, 0) is 54.1 Å². The van der Waals surface area contributed by atoms with Gasteiger partial charge in [0.15, 0.2) is 0 Å². The molecule has 250 valence electrons. The largest absolute Gasteiger partial charge is 0.490 e. The van der Waals surface area contributed by atoms with E-state index in [9.17, 15) is 22.4 Å². The van der Waals surface area contributed by atoms with Crippen molar-refractivity contribution in [2.75, 3.05) is 20.3 Å². The summed E-state index contributed by atoms with van der Waals surface area (Å²) in [6.07, 6.45) is -3.43. The number of ether oxygens (including phenoxy) is 2. The molecule has 6 rings (SSSR count). The molecule has 0 fully saturated rings. The lowest BCUT2D eigenvalue weighted by Crippen LogP contribution is -2.46. The van der Waals surface area contributed by atoms with Crippen LogP contribution in [0, 0.1) is 11.6 Å². The monoisotopic (exact) mass is 683 g/mol. The van der Waals surface area contributed by atoms with Gasteiger partial charge in [0, 0.05) is 47.0 Å². The van der Waals surface area contributed by atoms with Crippen LogP contribution in [0.3, 0.4) is 0 Å². The van der Waals surface area contributed by atoms with E-state index in [0.29, 0.717) is 49.4 Å². The molecule has 1 amide bonds. The second kappa shape index (κ2) is 13.5. The number of thiophene rings is 1. The smallest absolute Gasteiger partial charge is 0.404 e. The van der Waals surface area contributed by atoms with Gasteiger partial charge in [0.05, 0.1) is 29.6 Å². The number of rotatable bonds is 10. The summed E-state index contributed by atoms with van der Waals surface area (Å²) in [6, 6.07) is 8.42. The molecule has 48 heavy (non-hydrogen) atoms. The molecule has 0 aliphatic carbocycles. The summed E-state index contributed by atoms with van der Waals surface area (Å²) in [5.74, 6) is -2.17.